The topological polar surface area (TPSA) is 58.6 Å². The smallest absolute Gasteiger partial charge is 0.174 e. The summed E-state index contributed by atoms with van der Waals surface area (Å²) in [5, 5.41) is 10.3. The van der Waals surface area contributed by atoms with Gasteiger partial charge in [-0.15, -0.1) is 0 Å². The van der Waals surface area contributed by atoms with Gasteiger partial charge in [0.05, 0.1) is 24.2 Å². The van der Waals surface area contributed by atoms with Gasteiger partial charge in [0.25, 0.3) is 0 Å². The van der Waals surface area contributed by atoms with Gasteiger partial charge in [0.15, 0.2) is 11.5 Å². The molecule has 1 rings (SSSR count). The van der Waals surface area contributed by atoms with E-state index in [-0.39, 0.29) is 0 Å². The fraction of sp³-hybridized carbons (Fsp3) is 0.250. The Morgan fingerprint density at radius 2 is 2.24 bits per heavy atom. The third kappa shape index (κ3) is 3.78. The molecule has 0 radical (unpaired) electrons. The maximum absolute atomic E-state index is 10.3. The molecule has 1 aromatic rings. The van der Waals surface area contributed by atoms with Crippen molar-refractivity contribution < 1.29 is 19.4 Å². The number of carbonyl (C=O) groups excluding carboxylic acids is 1. The van der Waals surface area contributed by atoms with E-state index in [2.05, 4.69) is 15.9 Å². The summed E-state index contributed by atoms with van der Waals surface area (Å²) >= 11 is 3.33. The van der Waals surface area contributed by atoms with Gasteiger partial charge >= 0.3 is 0 Å². The second kappa shape index (κ2) is 6.30. The minimum Gasteiger partial charge on any atom is -0.545 e. The number of ether oxygens (including phenoxy) is 2. The Hall–Kier alpha value is -1.49. The first kappa shape index (κ1) is 13.6. The van der Waals surface area contributed by atoms with Crippen LogP contribution in [0.2, 0.25) is 0 Å². The van der Waals surface area contributed by atoms with Crippen molar-refractivity contribution in [2.24, 2.45) is 0 Å². The molecule has 92 valence electrons. The van der Waals surface area contributed by atoms with Gasteiger partial charge in [-0.05, 0) is 46.6 Å². The molecular weight excluding hydrogens is 288 g/mol. The molecule has 0 amide bonds. The highest BCUT2D eigenvalue weighted by Crippen LogP contribution is 2.36. The Morgan fingerprint density at radius 1 is 1.53 bits per heavy atom. The number of rotatable bonds is 5. The molecule has 1 aromatic carbocycles. The molecule has 0 atom stereocenters. The molecule has 0 N–H and O–H groups in total. The Morgan fingerprint density at radius 3 is 2.76 bits per heavy atom. The first-order valence-corrected chi connectivity index (χ1v) is 5.77. The molecule has 0 aliphatic carbocycles. The molecule has 0 unspecified atom stereocenters. The van der Waals surface area contributed by atoms with Crippen molar-refractivity contribution in [1.29, 1.82) is 0 Å². The molecule has 0 saturated carbocycles. The number of carboxylic acid groups (broad SMARTS) is 1. The maximum atomic E-state index is 10.3. The summed E-state index contributed by atoms with van der Waals surface area (Å²) in [6, 6.07) is 3.44. The number of benzene rings is 1. The molecule has 0 aliphatic heterocycles. The molecule has 0 heterocycles. The lowest BCUT2D eigenvalue weighted by molar-refractivity contribution is -0.297. The number of hydrogen-bond donors (Lipinski definition) is 0. The summed E-state index contributed by atoms with van der Waals surface area (Å²) in [7, 11) is 1.54. The van der Waals surface area contributed by atoms with Crippen molar-refractivity contribution in [3.05, 3.63) is 28.2 Å². The van der Waals surface area contributed by atoms with Gasteiger partial charge in [0.1, 0.15) is 0 Å². The van der Waals surface area contributed by atoms with Crippen LogP contribution in [0.15, 0.2) is 22.7 Å². The van der Waals surface area contributed by atoms with E-state index in [1.54, 1.807) is 19.2 Å². The molecule has 5 heteroatoms. The van der Waals surface area contributed by atoms with E-state index < -0.39 is 5.97 Å². The molecule has 0 aromatic heterocycles. The lowest BCUT2D eigenvalue weighted by atomic mass is 10.2. The number of hydrogen-bond acceptors (Lipinski definition) is 4. The summed E-state index contributed by atoms with van der Waals surface area (Å²) in [6.45, 7) is 2.35. The van der Waals surface area contributed by atoms with Gasteiger partial charge in [-0.25, -0.2) is 0 Å². The minimum absolute atomic E-state index is 0.496. The van der Waals surface area contributed by atoms with Crippen molar-refractivity contribution in [2.45, 2.75) is 6.92 Å². The number of methoxy groups -OCH3 is 1. The second-order valence-corrected chi connectivity index (χ2v) is 3.97. The zero-order valence-electron chi connectivity index (χ0n) is 9.53. The van der Waals surface area contributed by atoms with E-state index in [9.17, 15) is 9.90 Å². The predicted octanol–water partition coefficient (Wildman–Crippen LogP) is 1.62. The molecule has 0 bridgehead atoms. The largest absolute Gasteiger partial charge is 0.545 e. The molecule has 0 saturated heterocycles. The highest BCUT2D eigenvalue weighted by atomic mass is 79.9. The number of carbonyl (C=O) groups is 1. The van der Waals surface area contributed by atoms with E-state index in [0.717, 1.165) is 6.08 Å². The van der Waals surface area contributed by atoms with Crippen molar-refractivity contribution >= 4 is 28.0 Å². The predicted molar refractivity (Wildman–Crippen MR) is 65.9 cm³/mol. The number of carboxylic acids is 1. The van der Waals surface area contributed by atoms with Crippen LogP contribution in [-0.2, 0) is 4.79 Å². The van der Waals surface area contributed by atoms with E-state index >= 15 is 0 Å². The fourth-order valence-corrected chi connectivity index (χ4v) is 1.93. The van der Waals surface area contributed by atoms with Crippen LogP contribution in [0.25, 0.3) is 6.08 Å². The normalized spacial score (nSPS) is 10.5. The van der Waals surface area contributed by atoms with Crippen molar-refractivity contribution in [2.75, 3.05) is 13.7 Å². The monoisotopic (exact) mass is 299 g/mol. The van der Waals surface area contributed by atoms with Crippen molar-refractivity contribution in [1.82, 2.24) is 0 Å². The van der Waals surface area contributed by atoms with Crippen LogP contribution in [0.1, 0.15) is 12.5 Å². The molecule has 4 nitrogen and oxygen atoms in total. The van der Waals surface area contributed by atoms with Crippen LogP contribution in [-0.4, -0.2) is 19.7 Å². The minimum atomic E-state index is -1.24. The molecule has 0 aliphatic rings. The van der Waals surface area contributed by atoms with Gasteiger partial charge in [-0.3, -0.25) is 0 Å². The number of aliphatic carboxylic acids is 1. The highest BCUT2D eigenvalue weighted by Gasteiger charge is 2.09. The Balaban J connectivity index is 3.14. The van der Waals surface area contributed by atoms with Gasteiger partial charge in [-0.2, -0.15) is 0 Å². The van der Waals surface area contributed by atoms with E-state index in [0.29, 0.717) is 28.1 Å². The standard InChI is InChI=1S/C12H13BrO4/c1-3-17-10-7-8(4-5-11(14)15)6-9(13)12(10)16-2/h4-7H,3H2,1-2H3,(H,14,15)/p-1/b5-4+. The van der Waals surface area contributed by atoms with Crippen LogP contribution >= 0.6 is 15.9 Å². The quantitative estimate of drug-likeness (QED) is 0.775. The summed E-state index contributed by atoms with van der Waals surface area (Å²) < 4.78 is 11.3. The maximum Gasteiger partial charge on any atom is 0.174 e. The second-order valence-electron chi connectivity index (χ2n) is 3.12. The summed E-state index contributed by atoms with van der Waals surface area (Å²) in [4.78, 5) is 10.3. The lowest BCUT2D eigenvalue weighted by Gasteiger charge is -2.12. The van der Waals surface area contributed by atoms with Crippen LogP contribution in [0.3, 0.4) is 0 Å². The zero-order chi connectivity index (χ0) is 12.8. The van der Waals surface area contributed by atoms with Crippen LogP contribution < -0.4 is 14.6 Å². The summed E-state index contributed by atoms with van der Waals surface area (Å²) in [6.07, 6.45) is 2.39. The van der Waals surface area contributed by atoms with Crippen LogP contribution in [0, 0.1) is 0 Å². The first-order valence-electron chi connectivity index (χ1n) is 4.97. The summed E-state index contributed by atoms with van der Waals surface area (Å²) in [5.74, 6) is -0.102. The fourth-order valence-electron chi connectivity index (χ4n) is 1.31. The molecule has 17 heavy (non-hydrogen) atoms. The van der Waals surface area contributed by atoms with Gasteiger partial charge < -0.3 is 19.4 Å². The Labute approximate surface area is 108 Å². The molecule has 0 spiro atoms. The lowest BCUT2D eigenvalue weighted by Crippen LogP contribution is -2.18. The van der Waals surface area contributed by atoms with Crippen LogP contribution in [0.4, 0.5) is 0 Å². The first-order chi connectivity index (χ1) is 8.08. The van der Waals surface area contributed by atoms with Gasteiger partial charge in [-0.1, -0.05) is 6.08 Å². The highest BCUT2D eigenvalue weighted by molar-refractivity contribution is 9.10. The zero-order valence-corrected chi connectivity index (χ0v) is 11.1. The van der Waals surface area contributed by atoms with Gasteiger partial charge in [0.2, 0.25) is 0 Å². The average Bonchev–Trinajstić information content (AvgIpc) is 2.26. The SMILES string of the molecule is CCOc1cc(/C=C/C(=O)[O-])cc(Br)c1OC. The Kier molecular flexibility index (Phi) is 5.03. The molecular formula is C12H12BrO4-. The summed E-state index contributed by atoms with van der Waals surface area (Å²) in [5.41, 5.74) is 0.685. The number of halogens is 1. The van der Waals surface area contributed by atoms with Crippen LogP contribution in [0.5, 0.6) is 11.5 Å². The van der Waals surface area contributed by atoms with E-state index in [1.807, 2.05) is 6.92 Å². The average molecular weight is 300 g/mol. The van der Waals surface area contributed by atoms with Gasteiger partial charge in [0, 0.05) is 0 Å². The third-order valence-corrected chi connectivity index (χ3v) is 2.54. The van der Waals surface area contributed by atoms with Crippen molar-refractivity contribution in [3.63, 3.8) is 0 Å². The Bertz CT molecular complexity index is 440. The van der Waals surface area contributed by atoms with Crippen molar-refractivity contribution in [3.8, 4) is 11.5 Å². The van der Waals surface area contributed by atoms with E-state index in [1.165, 1.54) is 6.08 Å². The van der Waals surface area contributed by atoms with E-state index in [4.69, 9.17) is 9.47 Å². The molecule has 0 fully saturated rings. The third-order valence-electron chi connectivity index (χ3n) is 1.95.